The average molecular weight is 852 g/mol. The Kier molecular flexibility index (Phi) is 11.4. The lowest BCUT2D eigenvalue weighted by molar-refractivity contribution is -0.466. The van der Waals surface area contributed by atoms with Crippen LogP contribution in [0, 0.1) is 0 Å². The number of hydrogen-bond donors (Lipinski definition) is 0. The quantitative estimate of drug-likeness (QED) is 0.145. The molecule has 0 saturated heterocycles. The van der Waals surface area contributed by atoms with Crippen LogP contribution >= 0.6 is 0 Å². The molecule has 0 fully saturated rings. The Morgan fingerprint density at radius 1 is 0.240 bits per heavy atom. The molecule has 0 spiro atoms. The lowest BCUT2D eigenvalue weighted by Gasteiger charge is -2.47. The summed E-state index contributed by atoms with van der Waals surface area (Å²) >= 11 is 0. The fourth-order valence-electron chi connectivity index (χ4n) is 2.34. The van der Waals surface area contributed by atoms with Gasteiger partial charge in [0.15, 0.2) is 0 Å². The molecular formula is C14F32O3Si. The van der Waals surface area contributed by atoms with Crippen LogP contribution < -0.4 is 0 Å². The fraction of sp³-hybridized carbons (Fsp3) is 1.00. The van der Waals surface area contributed by atoms with Crippen LogP contribution in [0.1, 0.15) is 0 Å². The maximum Gasteiger partial charge on any atom is 0.594 e. The molecule has 0 heterocycles. The molecule has 36 heteroatoms. The minimum atomic E-state index is -12.3. The third-order valence-corrected chi connectivity index (χ3v) is 7.59. The van der Waals surface area contributed by atoms with Gasteiger partial charge in [0, 0.05) is 0 Å². The van der Waals surface area contributed by atoms with Crippen molar-refractivity contribution in [2.24, 2.45) is 0 Å². The third-order valence-electron chi connectivity index (χ3n) is 4.90. The van der Waals surface area contributed by atoms with E-state index in [0.29, 0.717) is 0 Å². The van der Waals surface area contributed by atoms with Crippen LogP contribution in [0.4, 0.5) is 140 Å². The normalized spacial score (nSPS) is 18.0. The summed E-state index contributed by atoms with van der Waals surface area (Å²) in [6, 6.07) is 0. The van der Waals surface area contributed by atoms with E-state index in [1.54, 1.807) is 0 Å². The summed E-state index contributed by atoms with van der Waals surface area (Å²) in [5.41, 5.74) is -10.2. The van der Waals surface area contributed by atoms with Crippen LogP contribution in [0.25, 0.3) is 0 Å². The summed E-state index contributed by atoms with van der Waals surface area (Å²) in [5, 5.41) is 0. The zero-order chi connectivity index (χ0) is 41.6. The van der Waals surface area contributed by atoms with Crippen molar-refractivity contribution in [1.29, 1.82) is 0 Å². The lowest BCUT2D eigenvalue weighted by atomic mass is 9.98. The molecule has 0 radical (unpaired) electrons. The number of rotatable bonds is 12. The highest BCUT2D eigenvalue weighted by atomic mass is 28.4. The van der Waals surface area contributed by atoms with E-state index in [4.69, 9.17) is 0 Å². The van der Waals surface area contributed by atoms with E-state index in [9.17, 15) is 140 Å². The first-order valence-electron chi connectivity index (χ1n) is 10.0. The van der Waals surface area contributed by atoms with Crippen molar-refractivity contribution in [3.8, 4) is 0 Å². The van der Waals surface area contributed by atoms with Crippen molar-refractivity contribution in [2.75, 3.05) is 0 Å². The van der Waals surface area contributed by atoms with Gasteiger partial charge in [-0.25, -0.2) is 0 Å². The van der Waals surface area contributed by atoms with Gasteiger partial charge in [-0.15, -0.1) is 0 Å². The smallest absolute Gasteiger partial charge is 0.324 e. The summed E-state index contributed by atoms with van der Waals surface area (Å²) in [4.78, 5) is 0. The van der Waals surface area contributed by atoms with Crippen molar-refractivity contribution < 1.29 is 154 Å². The predicted octanol–water partition coefficient (Wildman–Crippen LogP) is 9.99. The first kappa shape index (κ1) is 47.9. The zero-order valence-corrected chi connectivity index (χ0v) is 21.8. The molecule has 0 aromatic heterocycles. The summed E-state index contributed by atoms with van der Waals surface area (Å²) in [7, 11) is -12.3. The molecule has 302 valence electrons. The average Bonchev–Trinajstić information content (AvgIpc) is 2.78. The molecule has 0 amide bonds. The Hall–Kier alpha value is -2.14. The van der Waals surface area contributed by atoms with Gasteiger partial charge < -0.3 is 13.3 Å². The van der Waals surface area contributed by atoms with Crippen LogP contribution in [0.5, 0.6) is 0 Å². The van der Waals surface area contributed by atoms with E-state index >= 15 is 0 Å². The minimum Gasteiger partial charge on any atom is -0.324 e. The highest BCUT2D eigenvalue weighted by Gasteiger charge is 2.98. The summed E-state index contributed by atoms with van der Waals surface area (Å²) < 4.78 is 426. The van der Waals surface area contributed by atoms with Crippen molar-refractivity contribution in [3.63, 3.8) is 0 Å². The van der Waals surface area contributed by atoms with Crippen LogP contribution in [0.15, 0.2) is 0 Å². The van der Waals surface area contributed by atoms with Crippen molar-refractivity contribution in [2.45, 2.75) is 84.1 Å². The number of halogens is 32. The predicted molar refractivity (Wildman–Crippen MR) is 82.7 cm³/mol. The van der Waals surface area contributed by atoms with Gasteiger partial charge in [0.2, 0.25) is 0 Å². The van der Waals surface area contributed by atoms with Gasteiger partial charge in [-0.05, 0) is 0 Å². The van der Waals surface area contributed by atoms with Crippen LogP contribution in [0.3, 0.4) is 0 Å². The van der Waals surface area contributed by atoms with Crippen molar-refractivity contribution in [1.82, 2.24) is 0 Å². The first-order valence-corrected chi connectivity index (χ1v) is 11.7. The molecule has 0 aromatic carbocycles. The lowest BCUT2D eigenvalue weighted by Crippen LogP contribution is -2.81. The summed E-state index contributed by atoms with van der Waals surface area (Å²) in [6.45, 7) is 0. The Morgan fingerprint density at radius 3 is 0.720 bits per heavy atom. The monoisotopic (exact) mass is 852 g/mol. The molecule has 0 aromatic rings. The third kappa shape index (κ3) is 6.99. The minimum absolute atomic E-state index is 0.910. The maximum atomic E-state index is 14.8. The molecular weight excluding hydrogens is 852 g/mol. The van der Waals surface area contributed by atoms with Gasteiger partial charge >= 0.3 is 92.9 Å². The molecule has 50 heavy (non-hydrogen) atoms. The van der Waals surface area contributed by atoms with E-state index < -0.39 is 92.9 Å². The van der Waals surface area contributed by atoms with E-state index in [-0.39, 0.29) is 0 Å². The Morgan fingerprint density at radius 2 is 0.500 bits per heavy atom. The van der Waals surface area contributed by atoms with E-state index in [0.717, 1.165) is 13.3 Å². The highest BCUT2D eigenvalue weighted by molar-refractivity contribution is 6.64. The zero-order valence-electron chi connectivity index (χ0n) is 20.8. The molecule has 0 aliphatic carbocycles. The molecule has 0 saturated carbocycles. The molecule has 1 atom stereocenters. The van der Waals surface area contributed by atoms with Gasteiger partial charge in [0.05, 0.1) is 0 Å². The standard InChI is InChI=1S/C14F32O3Si/c15-1(16,3(19,20)7(26,27)28)2(17,18)4(21,22)14(45,46)50(48-12(41,42)10(35,36)37,49-13(43,44)11(38,39)40)47-6(25,9(32,33)34)5(23,24)8(29,30)31. The van der Waals surface area contributed by atoms with Gasteiger partial charge in [-0.2, -0.15) is 140 Å². The molecule has 0 aliphatic rings. The van der Waals surface area contributed by atoms with E-state index in [1.165, 1.54) is 0 Å². The van der Waals surface area contributed by atoms with Gasteiger partial charge in [0.25, 0.3) is 0 Å². The van der Waals surface area contributed by atoms with Crippen LogP contribution in [0.2, 0.25) is 0 Å². The maximum absolute atomic E-state index is 14.8. The highest BCUT2D eigenvalue weighted by Crippen LogP contribution is 2.65. The summed E-state index contributed by atoms with van der Waals surface area (Å²) in [6.07, 6.45) is -61.3. The fourth-order valence-corrected chi connectivity index (χ4v) is 4.91. The molecule has 0 N–H and O–H groups in total. The second-order valence-corrected chi connectivity index (χ2v) is 10.8. The SMILES string of the molecule is FC(F)(F)C(F)(F)O[Si](OC(F)(F)C(F)(F)F)(OC(F)(C(F)(F)F)C(F)(F)C(F)(F)F)C(F)(F)C(F)(F)C(F)(F)C(F)(F)C(F)(F)C(F)(F)F. The van der Waals surface area contributed by atoms with E-state index in [1.807, 2.05) is 0 Å². The van der Waals surface area contributed by atoms with Gasteiger partial charge in [-0.3, -0.25) is 0 Å². The van der Waals surface area contributed by atoms with E-state index in [2.05, 4.69) is 0 Å². The van der Waals surface area contributed by atoms with Crippen LogP contribution in [-0.2, 0) is 13.3 Å². The molecule has 0 bridgehead atoms. The van der Waals surface area contributed by atoms with Gasteiger partial charge in [0.1, 0.15) is 0 Å². The van der Waals surface area contributed by atoms with Crippen LogP contribution in [-0.4, -0.2) is 92.9 Å². The molecule has 3 nitrogen and oxygen atoms in total. The number of alkyl halides is 32. The number of hydrogen-bond acceptors (Lipinski definition) is 3. The first-order chi connectivity index (χ1) is 20.9. The Labute approximate surface area is 248 Å². The summed E-state index contributed by atoms with van der Waals surface area (Å²) in [5.74, 6) is -57.7. The second-order valence-electron chi connectivity index (χ2n) is 8.43. The topological polar surface area (TPSA) is 27.7 Å². The molecule has 0 aliphatic heterocycles. The van der Waals surface area contributed by atoms with Crippen molar-refractivity contribution in [3.05, 3.63) is 0 Å². The molecule has 0 rings (SSSR count). The van der Waals surface area contributed by atoms with Crippen molar-refractivity contribution >= 4 is 8.80 Å². The Balaban J connectivity index is 9.02. The molecule has 1 unspecified atom stereocenters. The Bertz CT molecular complexity index is 1170. The second kappa shape index (κ2) is 11.9. The largest absolute Gasteiger partial charge is 0.594 e. The van der Waals surface area contributed by atoms with Gasteiger partial charge in [-0.1, -0.05) is 0 Å².